The normalized spacial score (nSPS) is 10.9. The van der Waals surface area contributed by atoms with Crippen LogP contribution in [0.3, 0.4) is 0 Å². The lowest BCUT2D eigenvalue weighted by Crippen LogP contribution is -2.07. The second-order valence-corrected chi connectivity index (χ2v) is 3.98. The van der Waals surface area contributed by atoms with Crippen molar-refractivity contribution in [2.24, 2.45) is 0 Å². The van der Waals surface area contributed by atoms with Crippen molar-refractivity contribution in [2.45, 2.75) is 0 Å². The van der Waals surface area contributed by atoms with Crippen LogP contribution in [0.25, 0.3) is 12.2 Å². The summed E-state index contributed by atoms with van der Waals surface area (Å²) in [5.74, 6) is -5.48. The van der Waals surface area contributed by atoms with Crippen LogP contribution in [0.1, 0.15) is 31.8 Å². The van der Waals surface area contributed by atoms with Crippen LogP contribution in [-0.4, -0.2) is 44.3 Å². The zero-order valence-corrected chi connectivity index (χ0v) is 10.9. The Bertz CT molecular complexity index is 650. The fraction of sp³-hybridized carbons (Fsp3) is 0. The largest absolute Gasteiger partial charge is 0.478 e. The first-order valence-electron chi connectivity index (χ1n) is 5.69. The quantitative estimate of drug-likeness (QED) is 0.574. The van der Waals surface area contributed by atoms with E-state index in [1.54, 1.807) is 0 Å². The highest BCUT2D eigenvalue weighted by molar-refractivity contribution is 6.00. The first kappa shape index (κ1) is 16.6. The van der Waals surface area contributed by atoms with E-state index in [4.69, 9.17) is 20.4 Å². The minimum Gasteiger partial charge on any atom is -0.478 e. The van der Waals surface area contributed by atoms with Crippen molar-refractivity contribution in [2.75, 3.05) is 0 Å². The summed E-state index contributed by atoms with van der Waals surface area (Å²) in [7, 11) is 0. The number of carboxylic acid groups (broad SMARTS) is 4. The number of rotatable bonds is 6. The van der Waals surface area contributed by atoms with E-state index in [2.05, 4.69) is 0 Å². The fourth-order valence-electron chi connectivity index (χ4n) is 1.60. The second-order valence-electron chi connectivity index (χ2n) is 3.98. The van der Waals surface area contributed by atoms with Crippen molar-refractivity contribution in [3.05, 3.63) is 46.5 Å². The lowest BCUT2D eigenvalue weighted by molar-refractivity contribution is -0.132. The third-order valence-electron chi connectivity index (χ3n) is 2.49. The molecule has 22 heavy (non-hydrogen) atoms. The predicted octanol–water partition coefficient (Wildman–Crippen LogP) is 1.28. The third-order valence-corrected chi connectivity index (χ3v) is 2.49. The SMILES string of the molecule is O=C(O)C=Cc1cc(C(=O)O)c(C=CC(=O)O)cc1C(=O)O. The number of hydrogen-bond acceptors (Lipinski definition) is 4. The van der Waals surface area contributed by atoms with Gasteiger partial charge in [0, 0.05) is 12.2 Å². The summed E-state index contributed by atoms with van der Waals surface area (Å²) in [6.45, 7) is 0. The van der Waals surface area contributed by atoms with Crippen molar-refractivity contribution < 1.29 is 39.6 Å². The van der Waals surface area contributed by atoms with Gasteiger partial charge >= 0.3 is 23.9 Å². The van der Waals surface area contributed by atoms with Crippen molar-refractivity contribution in [1.82, 2.24) is 0 Å². The summed E-state index contributed by atoms with van der Waals surface area (Å²) < 4.78 is 0. The predicted molar refractivity (Wildman–Crippen MR) is 73.7 cm³/mol. The molecule has 0 aromatic heterocycles. The molecule has 0 atom stereocenters. The molecule has 4 N–H and O–H groups in total. The number of aromatic carboxylic acids is 2. The summed E-state index contributed by atoms with van der Waals surface area (Å²) in [6.07, 6.45) is 3.23. The highest BCUT2D eigenvalue weighted by Crippen LogP contribution is 2.20. The van der Waals surface area contributed by atoms with Crippen molar-refractivity contribution in [3.63, 3.8) is 0 Å². The zero-order chi connectivity index (χ0) is 16.9. The van der Waals surface area contributed by atoms with Gasteiger partial charge in [0.1, 0.15) is 0 Å². The van der Waals surface area contributed by atoms with Gasteiger partial charge in [-0.2, -0.15) is 0 Å². The Morgan fingerprint density at radius 3 is 1.23 bits per heavy atom. The number of carbonyl (C=O) groups is 4. The third kappa shape index (κ3) is 4.30. The van der Waals surface area contributed by atoms with Gasteiger partial charge in [0.2, 0.25) is 0 Å². The van der Waals surface area contributed by atoms with Crippen LogP contribution in [0.4, 0.5) is 0 Å². The summed E-state index contributed by atoms with van der Waals surface area (Å²) in [5, 5.41) is 35.3. The monoisotopic (exact) mass is 306 g/mol. The Balaban J connectivity index is 3.57. The maximum Gasteiger partial charge on any atom is 0.336 e. The average molecular weight is 306 g/mol. The van der Waals surface area contributed by atoms with Gasteiger partial charge in [-0.3, -0.25) is 0 Å². The Labute approximate surface area is 123 Å². The lowest BCUT2D eigenvalue weighted by Gasteiger charge is -2.07. The van der Waals surface area contributed by atoms with Crippen molar-refractivity contribution >= 4 is 36.0 Å². The first-order chi connectivity index (χ1) is 10.2. The number of benzene rings is 1. The molecule has 0 saturated heterocycles. The summed E-state index contributed by atoms with van der Waals surface area (Å²) >= 11 is 0. The molecule has 0 unspecified atom stereocenters. The van der Waals surface area contributed by atoms with Crippen LogP contribution >= 0.6 is 0 Å². The van der Waals surface area contributed by atoms with Crippen LogP contribution in [0.2, 0.25) is 0 Å². The summed E-state index contributed by atoms with van der Waals surface area (Å²) in [4.78, 5) is 43.3. The molecule has 114 valence electrons. The molecule has 0 radical (unpaired) electrons. The van der Waals surface area contributed by atoms with Gasteiger partial charge in [0.05, 0.1) is 11.1 Å². The minimum atomic E-state index is -1.41. The van der Waals surface area contributed by atoms with E-state index in [0.29, 0.717) is 12.2 Å². The van der Waals surface area contributed by atoms with E-state index in [0.717, 1.165) is 24.3 Å². The van der Waals surface area contributed by atoms with Gasteiger partial charge in [-0.15, -0.1) is 0 Å². The van der Waals surface area contributed by atoms with E-state index in [1.807, 2.05) is 0 Å². The summed E-state index contributed by atoms with van der Waals surface area (Å²) in [5.41, 5.74) is -0.959. The number of carboxylic acids is 4. The fourth-order valence-corrected chi connectivity index (χ4v) is 1.60. The molecule has 0 fully saturated rings. The minimum absolute atomic E-state index is 0.125. The molecule has 0 bridgehead atoms. The van der Waals surface area contributed by atoms with Crippen molar-refractivity contribution in [1.29, 1.82) is 0 Å². The van der Waals surface area contributed by atoms with E-state index in [9.17, 15) is 19.2 Å². The van der Waals surface area contributed by atoms with Crippen LogP contribution in [0.5, 0.6) is 0 Å². The lowest BCUT2D eigenvalue weighted by atomic mass is 9.97. The number of hydrogen-bond donors (Lipinski definition) is 4. The maximum atomic E-state index is 11.2. The topological polar surface area (TPSA) is 149 Å². The van der Waals surface area contributed by atoms with E-state index < -0.39 is 23.9 Å². The van der Waals surface area contributed by atoms with Crippen LogP contribution in [-0.2, 0) is 9.59 Å². The Hall–Kier alpha value is -3.42. The van der Waals surface area contributed by atoms with Crippen LogP contribution in [0, 0.1) is 0 Å². The smallest absolute Gasteiger partial charge is 0.336 e. The molecule has 0 spiro atoms. The van der Waals surface area contributed by atoms with Gasteiger partial charge in [-0.05, 0) is 35.4 Å². The Morgan fingerprint density at radius 2 is 1.00 bits per heavy atom. The number of aliphatic carboxylic acids is 2. The Kier molecular flexibility index (Phi) is 5.17. The van der Waals surface area contributed by atoms with E-state index in [1.165, 1.54) is 0 Å². The molecule has 1 aromatic rings. The highest BCUT2D eigenvalue weighted by atomic mass is 16.4. The first-order valence-corrected chi connectivity index (χ1v) is 5.69. The molecular formula is C14H10O8. The van der Waals surface area contributed by atoms with Gasteiger partial charge in [-0.25, -0.2) is 19.2 Å². The Morgan fingerprint density at radius 1 is 0.682 bits per heavy atom. The molecule has 0 heterocycles. The van der Waals surface area contributed by atoms with Gasteiger partial charge in [-0.1, -0.05) is 0 Å². The second kappa shape index (κ2) is 6.84. The van der Waals surface area contributed by atoms with Gasteiger partial charge in [0.25, 0.3) is 0 Å². The molecule has 0 amide bonds. The summed E-state index contributed by atoms with van der Waals surface area (Å²) in [6, 6.07) is 1.93. The van der Waals surface area contributed by atoms with Crippen molar-refractivity contribution in [3.8, 4) is 0 Å². The molecule has 8 heteroatoms. The van der Waals surface area contributed by atoms with Crippen LogP contribution < -0.4 is 0 Å². The van der Waals surface area contributed by atoms with E-state index >= 15 is 0 Å². The standard InChI is InChI=1S/C14H10O8/c15-11(16)3-1-7-5-10(14(21)22)8(2-4-12(17)18)6-9(7)13(19)20/h1-6H,(H,15,16)(H,17,18)(H,19,20)(H,21,22). The molecule has 0 aliphatic rings. The highest BCUT2D eigenvalue weighted by Gasteiger charge is 2.16. The average Bonchev–Trinajstić information content (AvgIpc) is 2.41. The molecule has 1 rings (SSSR count). The maximum absolute atomic E-state index is 11.2. The molecular weight excluding hydrogens is 296 g/mol. The molecule has 1 aromatic carbocycles. The van der Waals surface area contributed by atoms with E-state index in [-0.39, 0.29) is 22.3 Å². The molecule has 8 nitrogen and oxygen atoms in total. The molecule has 0 aliphatic carbocycles. The zero-order valence-electron chi connectivity index (χ0n) is 10.9. The molecule has 0 saturated carbocycles. The molecule has 0 aliphatic heterocycles. The van der Waals surface area contributed by atoms with Gasteiger partial charge in [0.15, 0.2) is 0 Å². The van der Waals surface area contributed by atoms with Crippen LogP contribution in [0.15, 0.2) is 24.3 Å². The van der Waals surface area contributed by atoms with Gasteiger partial charge < -0.3 is 20.4 Å².